The lowest BCUT2D eigenvalue weighted by Crippen LogP contribution is -2.32. The first-order chi connectivity index (χ1) is 14.7. The molecule has 0 radical (unpaired) electrons. The van der Waals surface area contributed by atoms with Crippen LogP contribution in [0.15, 0.2) is 30.3 Å². The molecular formula is C20H16Cl2N2O7. The number of hydrogen-bond donors (Lipinski definition) is 2. The molecule has 1 heterocycles. The second-order valence-corrected chi connectivity index (χ2v) is 7.14. The molecular weight excluding hydrogens is 451 g/mol. The number of benzene rings is 2. The third-order valence-electron chi connectivity index (χ3n) is 4.11. The summed E-state index contributed by atoms with van der Waals surface area (Å²) >= 11 is 11.6. The minimum absolute atomic E-state index is 0.00956. The van der Waals surface area contributed by atoms with E-state index in [1.54, 1.807) is 0 Å². The van der Waals surface area contributed by atoms with Gasteiger partial charge in [0.15, 0.2) is 23.9 Å². The Balaban J connectivity index is 1.50. The van der Waals surface area contributed by atoms with Crippen molar-refractivity contribution in [2.45, 2.75) is 6.92 Å². The average Bonchev–Trinajstić information content (AvgIpc) is 3.19. The maximum absolute atomic E-state index is 12.1. The molecule has 0 spiro atoms. The maximum atomic E-state index is 12.1. The molecule has 2 aromatic rings. The monoisotopic (exact) mass is 466 g/mol. The SMILES string of the molecule is CC(=O)c1cc2c(cc1NC(=O)COC(=O)CNC(=O)c1ccc(Cl)c(Cl)c1)OCO2. The Hall–Kier alpha value is -3.30. The zero-order valence-corrected chi connectivity index (χ0v) is 17.6. The van der Waals surface area contributed by atoms with Gasteiger partial charge in [0.2, 0.25) is 6.79 Å². The minimum atomic E-state index is -0.832. The first-order valence-corrected chi connectivity index (χ1v) is 9.63. The van der Waals surface area contributed by atoms with Crippen molar-refractivity contribution in [1.82, 2.24) is 5.32 Å². The normalized spacial score (nSPS) is 11.6. The van der Waals surface area contributed by atoms with Crippen LogP contribution < -0.4 is 20.1 Å². The van der Waals surface area contributed by atoms with E-state index in [1.165, 1.54) is 37.3 Å². The lowest BCUT2D eigenvalue weighted by atomic mass is 10.1. The highest BCUT2D eigenvalue weighted by Crippen LogP contribution is 2.37. The Morgan fingerprint density at radius 2 is 1.74 bits per heavy atom. The lowest BCUT2D eigenvalue weighted by Gasteiger charge is -2.11. The largest absolute Gasteiger partial charge is 0.454 e. The number of rotatable bonds is 7. The van der Waals surface area contributed by atoms with Crippen LogP contribution >= 0.6 is 23.2 Å². The van der Waals surface area contributed by atoms with Gasteiger partial charge in [0.1, 0.15) is 6.54 Å². The summed E-state index contributed by atoms with van der Waals surface area (Å²) < 4.78 is 15.3. The number of hydrogen-bond acceptors (Lipinski definition) is 7. The van der Waals surface area contributed by atoms with E-state index in [0.29, 0.717) is 16.5 Å². The Morgan fingerprint density at radius 1 is 1.03 bits per heavy atom. The summed E-state index contributed by atoms with van der Waals surface area (Å²) in [6.45, 7) is 0.266. The molecule has 11 heteroatoms. The smallest absolute Gasteiger partial charge is 0.325 e. The van der Waals surface area contributed by atoms with Crippen molar-refractivity contribution in [1.29, 1.82) is 0 Å². The second kappa shape index (κ2) is 9.67. The maximum Gasteiger partial charge on any atom is 0.325 e. The number of ketones is 1. The van der Waals surface area contributed by atoms with E-state index in [-0.39, 0.29) is 34.4 Å². The molecule has 162 valence electrons. The first-order valence-electron chi connectivity index (χ1n) is 8.88. The molecule has 1 aliphatic heterocycles. The van der Waals surface area contributed by atoms with Gasteiger partial charge in [-0.3, -0.25) is 19.2 Å². The highest BCUT2D eigenvalue weighted by molar-refractivity contribution is 6.42. The number of carbonyl (C=O) groups is 4. The van der Waals surface area contributed by atoms with Gasteiger partial charge in [0, 0.05) is 17.2 Å². The summed E-state index contributed by atoms with van der Waals surface area (Å²) in [5, 5.41) is 5.33. The molecule has 31 heavy (non-hydrogen) atoms. The van der Waals surface area contributed by atoms with E-state index >= 15 is 0 Å². The third kappa shape index (κ3) is 5.65. The number of nitrogens with one attached hydrogen (secondary N) is 2. The Labute approximate surface area is 186 Å². The predicted octanol–water partition coefficient (Wildman–Crippen LogP) is 2.84. The van der Waals surface area contributed by atoms with E-state index in [4.69, 9.17) is 37.4 Å². The molecule has 0 aromatic heterocycles. The van der Waals surface area contributed by atoms with E-state index in [9.17, 15) is 19.2 Å². The molecule has 0 unspecified atom stereocenters. The molecule has 3 rings (SSSR count). The number of fused-ring (bicyclic) bond motifs is 1. The highest BCUT2D eigenvalue weighted by Gasteiger charge is 2.21. The fourth-order valence-electron chi connectivity index (χ4n) is 2.61. The Kier molecular flexibility index (Phi) is 6.98. The lowest BCUT2D eigenvalue weighted by molar-refractivity contribution is -0.146. The summed E-state index contributed by atoms with van der Waals surface area (Å²) in [4.78, 5) is 47.8. The number of carbonyl (C=O) groups excluding carboxylic acids is 4. The zero-order valence-electron chi connectivity index (χ0n) is 16.1. The molecule has 0 saturated carbocycles. The summed E-state index contributed by atoms with van der Waals surface area (Å²) in [7, 11) is 0. The molecule has 0 fully saturated rings. The molecule has 0 atom stereocenters. The van der Waals surface area contributed by atoms with Gasteiger partial charge in [-0.2, -0.15) is 0 Å². The molecule has 2 amide bonds. The average molecular weight is 467 g/mol. The number of halogens is 2. The first kappa shape index (κ1) is 22.4. The van der Waals surface area contributed by atoms with Gasteiger partial charge in [-0.25, -0.2) is 0 Å². The van der Waals surface area contributed by atoms with Crippen LogP contribution in [0, 0.1) is 0 Å². The standard InChI is InChI=1S/C20H16Cl2N2O7/c1-10(25)12-5-16-17(31-9-30-16)6-15(12)24-18(26)8-29-19(27)7-23-20(28)11-2-3-13(21)14(22)4-11/h2-6H,7-9H2,1H3,(H,23,28)(H,24,26). The van der Waals surface area contributed by atoms with Crippen LogP contribution in [-0.2, 0) is 14.3 Å². The van der Waals surface area contributed by atoms with Gasteiger partial charge in [-0.1, -0.05) is 23.2 Å². The van der Waals surface area contributed by atoms with Gasteiger partial charge in [-0.05, 0) is 31.2 Å². The van der Waals surface area contributed by atoms with Crippen molar-refractivity contribution >= 4 is 52.5 Å². The van der Waals surface area contributed by atoms with Crippen molar-refractivity contribution < 1.29 is 33.4 Å². The van der Waals surface area contributed by atoms with Crippen LogP contribution in [0.4, 0.5) is 5.69 Å². The van der Waals surface area contributed by atoms with Gasteiger partial charge in [0.05, 0.1) is 15.7 Å². The summed E-state index contributed by atoms with van der Waals surface area (Å²) in [5.41, 5.74) is 0.628. The fourth-order valence-corrected chi connectivity index (χ4v) is 2.91. The summed E-state index contributed by atoms with van der Waals surface area (Å²) in [6.07, 6.45) is 0. The van der Waals surface area contributed by atoms with E-state index in [2.05, 4.69) is 10.6 Å². The topological polar surface area (TPSA) is 120 Å². The second-order valence-electron chi connectivity index (χ2n) is 6.33. The predicted molar refractivity (Wildman–Crippen MR) is 111 cm³/mol. The van der Waals surface area contributed by atoms with Crippen LogP contribution in [0.25, 0.3) is 0 Å². The molecule has 9 nitrogen and oxygen atoms in total. The van der Waals surface area contributed by atoms with E-state index in [0.717, 1.165) is 0 Å². The molecule has 2 N–H and O–H groups in total. The van der Waals surface area contributed by atoms with Crippen LogP contribution in [0.1, 0.15) is 27.6 Å². The fraction of sp³-hybridized carbons (Fsp3) is 0.200. The molecule has 0 aliphatic carbocycles. The highest BCUT2D eigenvalue weighted by atomic mass is 35.5. The van der Waals surface area contributed by atoms with Crippen molar-refractivity contribution in [3.63, 3.8) is 0 Å². The van der Waals surface area contributed by atoms with Gasteiger partial charge < -0.3 is 24.8 Å². The number of esters is 1. The summed E-state index contributed by atoms with van der Waals surface area (Å²) in [5.74, 6) is -1.59. The van der Waals surface area contributed by atoms with Crippen LogP contribution in [0.3, 0.4) is 0 Å². The van der Waals surface area contributed by atoms with Crippen molar-refractivity contribution in [3.05, 3.63) is 51.5 Å². The quantitative estimate of drug-likeness (QED) is 0.475. The van der Waals surface area contributed by atoms with Crippen molar-refractivity contribution in [3.8, 4) is 11.5 Å². The van der Waals surface area contributed by atoms with Crippen LogP contribution in [-0.4, -0.2) is 43.5 Å². The Bertz CT molecular complexity index is 1070. The summed E-state index contributed by atoms with van der Waals surface area (Å²) in [6, 6.07) is 7.17. The van der Waals surface area contributed by atoms with Crippen molar-refractivity contribution in [2.24, 2.45) is 0 Å². The van der Waals surface area contributed by atoms with Gasteiger partial charge in [0.25, 0.3) is 11.8 Å². The minimum Gasteiger partial charge on any atom is -0.454 e. The number of amides is 2. The molecule has 0 saturated heterocycles. The number of ether oxygens (including phenoxy) is 3. The van der Waals surface area contributed by atoms with E-state index in [1.807, 2.05) is 0 Å². The number of anilines is 1. The third-order valence-corrected chi connectivity index (χ3v) is 4.84. The Morgan fingerprint density at radius 3 is 2.42 bits per heavy atom. The molecule has 0 bridgehead atoms. The van der Waals surface area contributed by atoms with Crippen LogP contribution in [0.5, 0.6) is 11.5 Å². The number of Topliss-reactive ketones (excluding diaryl/α,β-unsaturated/α-hetero) is 1. The van der Waals surface area contributed by atoms with Gasteiger partial charge in [-0.15, -0.1) is 0 Å². The molecule has 2 aromatic carbocycles. The zero-order chi connectivity index (χ0) is 22.5. The van der Waals surface area contributed by atoms with Crippen molar-refractivity contribution in [2.75, 3.05) is 25.3 Å². The van der Waals surface area contributed by atoms with E-state index < -0.39 is 30.9 Å². The molecule has 1 aliphatic rings. The van der Waals surface area contributed by atoms with Crippen LogP contribution in [0.2, 0.25) is 10.0 Å². The van der Waals surface area contributed by atoms with Gasteiger partial charge >= 0.3 is 5.97 Å².